The van der Waals surface area contributed by atoms with Crippen molar-refractivity contribution in [3.05, 3.63) is 57.8 Å². The minimum atomic E-state index is -0.189. The highest BCUT2D eigenvalue weighted by Crippen LogP contribution is 2.23. The fraction of sp³-hybridized carbons (Fsp3) is 0.478. The number of carbonyl (C=O) groups excluding carboxylic acids is 2. The number of rotatable bonds is 6. The quantitative estimate of drug-likeness (QED) is 0.734. The smallest absolute Gasteiger partial charge is 0.228 e. The van der Waals surface area contributed by atoms with Crippen LogP contribution < -0.4 is 0 Å². The molecule has 0 radical (unpaired) electrons. The molecule has 2 fully saturated rings. The van der Waals surface area contributed by atoms with E-state index in [0.717, 1.165) is 44.7 Å². The van der Waals surface area contributed by atoms with Crippen molar-refractivity contribution >= 4 is 23.2 Å². The summed E-state index contributed by atoms with van der Waals surface area (Å²) in [4.78, 5) is 33.1. The number of amides is 2. The van der Waals surface area contributed by atoms with E-state index >= 15 is 0 Å². The Labute approximate surface area is 176 Å². The lowest BCUT2D eigenvalue weighted by Gasteiger charge is -2.35. The Morgan fingerprint density at radius 1 is 1.10 bits per heavy atom. The van der Waals surface area contributed by atoms with E-state index in [9.17, 15) is 9.59 Å². The highest BCUT2D eigenvalue weighted by molar-refractivity contribution is 7.09. The zero-order valence-corrected chi connectivity index (χ0v) is 17.9. The monoisotopic (exact) mass is 411 g/mol. The van der Waals surface area contributed by atoms with Crippen LogP contribution in [0, 0.1) is 12.8 Å². The third kappa shape index (κ3) is 5.06. The summed E-state index contributed by atoms with van der Waals surface area (Å²) in [6, 6.07) is 12.5. The molecule has 5 nitrogen and oxygen atoms in total. The molecule has 6 heteroatoms. The maximum absolute atomic E-state index is 13.0. The molecule has 2 aliphatic heterocycles. The maximum Gasteiger partial charge on any atom is 0.228 e. The number of aryl methyl sites for hydroxylation is 1. The Balaban J connectivity index is 1.24. The van der Waals surface area contributed by atoms with Gasteiger partial charge < -0.3 is 9.80 Å². The summed E-state index contributed by atoms with van der Waals surface area (Å²) < 4.78 is 0. The molecule has 0 bridgehead atoms. The Hall–Kier alpha value is -2.18. The highest BCUT2D eigenvalue weighted by Gasteiger charge is 2.37. The first-order valence-electron chi connectivity index (χ1n) is 10.5. The Morgan fingerprint density at radius 3 is 2.55 bits per heavy atom. The maximum atomic E-state index is 13.0. The molecule has 2 amide bonds. The summed E-state index contributed by atoms with van der Waals surface area (Å²) in [5.41, 5.74) is 2.33. The summed E-state index contributed by atoms with van der Waals surface area (Å²) in [7, 11) is 0. The highest BCUT2D eigenvalue weighted by atomic mass is 32.1. The van der Waals surface area contributed by atoms with Crippen molar-refractivity contribution in [1.29, 1.82) is 0 Å². The van der Waals surface area contributed by atoms with E-state index in [1.807, 2.05) is 21.1 Å². The molecule has 29 heavy (non-hydrogen) atoms. The topological polar surface area (TPSA) is 43.9 Å². The third-order valence-electron chi connectivity index (χ3n) is 6.00. The van der Waals surface area contributed by atoms with Gasteiger partial charge in [-0.05, 0) is 30.4 Å². The van der Waals surface area contributed by atoms with Crippen LogP contribution in [0.25, 0.3) is 0 Å². The molecule has 0 spiro atoms. The van der Waals surface area contributed by atoms with Gasteiger partial charge in [0.15, 0.2) is 0 Å². The van der Waals surface area contributed by atoms with E-state index in [1.54, 1.807) is 0 Å². The van der Waals surface area contributed by atoms with E-state index in [2.05, 4.69) is 53.6 Å². The van der Waals surface area contributed by atoms with Crippen LogP contribution in [0.2, 0.25) is 0 Å². The molecule has 1 unspecified atom stereocenters. The normalized spacial score (nSPS) is 20.4. The van der Waals surface area contributed by atoms with Gasteiger partial charge in [0, 0.05) is 57.1 Å². The Kier molecular flexibility index (Phi) is 6.31. The first-order chi connectivity index (χ1) is 14.1. The van der Waals surface area contributed by atoms with Crippen LogP contribution in [0.4, 0.5) is 0 Å². The summed E-state index contributed by atoms with van der Waals surface area (Å²) >= 11 is 1.81. The molecule has 2 aromatic rings. The third-order valence-corrected chi connectivity index (χ3v) is 6.93. The van der Waals surface area contributed by atoms with Crippen LogP contribution in [0.15, 0.2) is 41.8 Å². The standard InChI is InChI=1S/C23H29N3O2S/c1-18-4-6-19(7-5-18)16-26-17-20(15-22(26)27)23(28)25-12-10-24(11-13-25)9-8-21-3-2-14-29-21/h2-7,14,20H,8-13,15-17H2,1H3. The summed E-state index contributed by atoms with van der Waals surface area (Å²) in [5, 5.41) is 2.12. The lowest BCUT2D eigenvalue weighted by Crippen LogP contribution is -2.50. The van der Waals surface area contributed by atoms with E-state index in [1.165, 1.54) is 10.4 Å². The fourth-order valence-corrected chi connectivity index (χ4v) is 4.88. The predicted molar refractivity (Wildman–Crippen MR) is 116 cm³/mol. The minimum Gasteiger partial charge on any atom is -0.340 e. The number of hydrogen-bond acceptors (Lipinski definition) is 4. The molecular formula is C23H29N3O2S. The van der Waals surface area contributed by atoms with Crippen LogP contribution in [0.1, 0.15) is 22.4 Å². The average Bonchev–Trinajstić information content (AvgIpc) is 3.38. The molecule has 2 saturated heterocycles. The second-order valence-corrected chi connectivity index (χ2v) is 9.19. The second kappa shape index (κ2) is 9.09. The van der Waals surface area contributed by atoms with Crippen LogP contribution in [0.5, 0.6) is 0 Å². The summed E-state index contributed by atoms with van der Waals surface area (Å²) in [5.74, 6) is 0.0618. The molecule has 0 N–H and O–H groups in total. The SMILES string of the molecule is Cc1ccc(CN2CC(C(=O)N3CCN(CCc4cccs4)CC3)CC2=O)cc1. The van der Waals surface area contributed by atoms with Gasteiger partial charge in [0.05, 0.1) is 5.92 Å². The number of carbonyl (C=O) groups is 2. The van der Waals surface area contributed by atoms with Gasteiger partial charge >= 0.3 is 0 Å². The second-order valence-electron chi connectivity index (χ2n) is 8.16. The number of piperazine rings is 1. The van der Waals surface area contributed by atoms with Crippen molar-refractivity contribution in [2.45, 2.75) is 26.3 Å². The van der Waals surface area contributed by atoms with Crippen molar-refractivity contribution < 1.29 is 9.59 Å². The molecule has 1 aromatic heterocycles. The van der Waals surface area contributed by atoms with E-state index in [0.29, 0.717) is 19.5 Å². The Bertz CT molecular complexity index is 826. The zero-order valence-electron chi connectivity index (χ0n) is 17.0. The molecule has 154 valence electrons. The van der Waals surface area contributed by atoms with E-state index < -0.39 is 0 Å². The van der Waals surface area contributed by atoms with Gasteiger partial charge in [0.1, 0.15) is 0 Å². The lowest BCUT2D eigenvalue weighted by molar-refractivity contribution is -0.137. The van der Waals surface area contributed by atoms with Gasteiger partial charge in [-0.15, -0.1) is 11.3 Å². The van der Waals surface area contributed by atoms with E-state index in [4.69, 9.17) is 0 Å². The lowest BCUT2D eigenvalue weighted by atomic mass is 10.1. The van der Waals surface area contributed by atoms with Crippen LogP contribution in [-0.2, 0) is 22.6 Å². The van der Waals surface area contributed by atoms with Gasteiger partial charge in [-0.25, -0.2) is 0 Å². The molecule has 4 rings (SSSR count). The van der Waals surface area contributed by atoms with Crippen molar-refractivity contribution in [1.82, 2.24) is 14.7 Å². The molecule has 2 aliphatic rings. The van der Waals surface area contributed by atoms with Crippen LogP contribution in [0.3, 0.4) is 0 Å². The predicted octanol–water partition coefficient (Wildman–Crippen LogP) is 2.79. The first-order valence-corrected chi connectivity index (χ1v) is 11.3. The van der Waals surface area contributed by atoms with Gasteiger partial charge in [0.2, 0.25) is 11.8 Å². The van der Waals surface area contributed by atoms with Crippen LogP contribution in [-0.4, -0.2) is 65.8 Å². The number of likely N-dealkylation sites (tertiary alicyclic amines) is 1. The van der Waals surface area contributed by atoms with Gasteiger partial charge in [-0.2, -0.15) is 0 Å². The van der Waals surface area contributed by atoms with Crippen molar-refractivity contribution in [2.24, 2.45) is 5.92 Å². The number of thiophene rings is 1. The first kappa shape index (κ1) is 20.1. The molecule has 3 heterocycles. The summed E-state index contributed by atoms with van der Waals surface area (Å²) in [6.45, 7) is 7.63. The molecule has 1 aromatic carbocycles. The van der Waals surface area contributed by atoms with Gasteiger partial charge in [-0.1, -0.05) is 35.9 Å². The number of benzene rings is 1. The summed E-state index contributed by atoms with van der Waals surface area (Å²) in [6.07, 6.45) is 1.43. The molecule has 1 atom stereocenters. The van der Waals surface area contributed by atoms with Crippen molar-refractivity contribution in [3.63, 3.8) is 0 Å². The molecule has 0 aliphatic carbocycles. The fourth-order valence-electron chi connectivity index (χ4n) is 4.18. The zero-order chi connectivity index (χ0) is 20.2. The molecule has 0 saturated carbocycles. The minimum absolute atomic E-state index is 0.0958. The van der Waals surface area contributed by atoms with Crippen LogP contribution >= 0.6 is 11.3 Å². The molecular weight excluding hydrogens is 382 g/mol. The number of hydrogen-bond donors (Lipinski definition) is 0. The van der Waals surface area contributed by atoms with Gasteiger partial charge in [-0.3, -0.25) is 14.5 Å². The van der Waals surface area contributed by atoms with Crippen molar-refractivity contribution in [2.75, 3.05) is 39.3 Å². The van der Waals surface area contributed by atoms with Crippen molar-refractivity contribution in [3.8, 4) is 0 Å². The Morgan fingerprint density at radius 2 is 1.86 bits per heavy atom. The van der Waals surface area contributed by atoms with E-state index in [-0.39, 0.29) is 17.7 Å². The number of nitrogens with zero attached hydrogens (tertiary/aromatic N) is 3. The largest absolute Gasteiger partial charge is 0.340 e. The average molecular weight is 412 g/mol. The van der Waals surface area contributed by atoms with Gasteiger partial charge in [0.25, 0.3) is 0 Å².